The second-order valence-corrected chi connectivity index (χ2v) is 7.16. The molecule has 2 unspecified atom stereocenters. The number of azo groups is 1. The normalized spacial score (nSPS) is 22.8. The zero-order valence-electron chi connectivity index (χ0n) is 13.9. The molecule has 4 rings (SSSR count). The molecular weight excluding hydrogens is 354 g/mol. The van der Waals surface area contributed by atoms with Crippen LogP contribution in [0.3, 0.4) is 0 Å². The molecule has 134 valence electrons. The summed E-state index contributed by atoms with van der Waals surface area (Å²) < 4.78 is 5.37. The highest BCUT2D eigenvalue weighted by atomic mass is 32.1. The molecule has 0 bridgehead atoms. The van der Waals surface area contributed by atoms with E-state index < -0.39 is 11.9 Å². The van der Waals surface area contributed by atoms with Crippen molar-refractivity contribution in [1.82, 2.24) is 15.0 Å². The van der Waals surface area contributed by atoms with Crippen molar-refractivity contribution in [2.75, 3.05) is 13.1 Å². The van der Waals surface area contributed by atoms with Crippen molar-refractivity contribution in [3.63, 3.8) is 0 Å². The molecule has 2 aromatic heterocycles. The smallest absolute Gasteiger partial charge is 0.287 e. The molecule has 0 N–H and O–H groups in total. The van der Waals surface area contributed by atoms with Gasteiger partial charge < -0.3 is 9.42 Å². The summed E-state index contributed by atoms with van der Waals surface area (Å²) >= 11 is 1.59. The SMILES string of the molecule is O=C1C=CC(C(=O)N2CCCC(Cc3nc(-c4ccsc4)no3)C2)N=N1. The number of hydrogen-bond donors (Lipinski definition) is 0. The van der Waals surface area contributed by atoms with E-state index in [-0.39, 0.29) is 11.8 Å². The van der Waals surface area contributed by atoms with E-state index >= 15 is 0 Å². The van der Waals surface area contributed by atoms with Gasteiger partial charge in [0.15, 0.2) is 6.04 Å². The Hall–Kier alpha value is -2.68. The number of hydrogen-bond acceptors (Lipinski definition) is 7. The Bertz CT molecular complexity index is 842. The molecule has 4 heterocycles. The van der Waals surface area contributed by atoms with Gasteiger partial charge in [-0.3, -0.25) is 9.59 Å². The standard InChI is InChI=1S/C17H17N5O3S/c23-14-4-3-13(19-20-14)17(24)22-6-1-2-11(9-22)8-15-18-16(21-25-15)12-5-7-26-10-12/h3-5,7,10-11,13H,1-2,6,8-9H2. The summed E-state index contributed by atoms with van der Waals surface area (Å²) in [5, 5.41) is 15.2. The minimum atomic E-state index is -0.694. The predicted octanol–water partition coefficient (Wildman–Crippen LogP) is 2.50. The van der Waals surface area contributed by atoms with E-state index in [0.29, 0.717) is 31.2 Å². The second kappa shape index (κ2) is 7.28. The van der Waals surface area contributed by atoms with Crippen LogP contribution in [-0.4, -0.2) is 46.0 Å². The minimum absolute atomic E-state index is 0.119. The molecule has 26 heavy (non-hydrogen) atoms. The summed E-state index contributed by atoms with van der Waals surface area (Å²) in [6, 6.07) is 1.26. The first-order valence-corrected chi connectivity index (χ1v) is 9.40. The Labute approximate surface area is 153 Å². The highest BCUT2D eigenvalue weighted by Crippen LogP contribution is 2.24. The Morgan fingerprint density at radius 3 is 3.12 bits per heavy atom. The van der Waals surface area contributed by atoms with Crippen molar-refractivity contribution in [3.05, 3.63) is 34.9 Å². The monoisotopic (exact) mass is 371 g/mol. The van der Waals surface area contributed by atoms with Gasteiger partial charge in [-0.2, -0.15) is 21.4 Å². The molecule has 9 heteroatoms. The van der Waals surface area contributed by atoms with E-state index in [4.69, 9.17) is 4.52 Å². The molecule has 2 aromatic rings. The number of likely N-dealkylation sites (tertiary alicyclic amines) is 1. The van der Waals surface area contributed by atoms with E-state index in [1.54, 1.807) is 16.2 Å². The van der Waals surface area contributed by atoms with Crippen LogP contribution in [0.15, 0.2) is 43.7 Å². The van der Waals surface area contributed by atoms with Crippen LogP contribution in [-0.2, 0) is 16.0 Å². The lowest BCUT2D eigenvalue weighted by Crippen LogP contribution is -2.44. The largest absolute Gasteiger partial charge is 0.340 e. The molecule has 0 aromatic carbocycles. The van der Waals surface area contributed by atoms with Gasteiger partial charge in [0.1, 0.15) is 0 Å². The van der Waals surface area contributed by atoms with Crippen molar-refractivity contribution >= 4 is 23.2 Å². The van der Waals surface area contributed by atoms with Crippen LogP contribution in [0.1, 0.15) is 18.7 Å². The topological polar surface area (TPSA) is 101 Å². The van der Waals surface area contributed by atoms with Gasteiger partial charge in [-0.15, -0.1) is 5.11 Å². The summed E-state index contributed by atoms with van der Waals surface area (Å²) in [7, 11) is 0. The number of carbonyl (C=O) groups is 2. The first-order valence-electron chi connectivity index (χ1n) is 8.46. The third-order valence-electron chi connectivity index (χ3n) is 4.50. The third-order valence-corrected chi connectivity index (χ3v) is 5.18. The fourth-order valence-corrected chi connectivity index (χ4v) is 3.84. The van der Waals surface area contributed by atoms with Crippen molar-refractivity contribution in [1.29, 1.82) is 0 Å². The summed E-state index contributed by atoms with van der Waals surface area (Å²) in [6.07, 6.45) is 5.35. The zero-order valence-corrected chi connectivity index (χ0v) is 14.8. The van der Waals surface area contributed by atoms with E-state index in [2.05, 4.69) is 20.4 Å². The van der Waals surface area contributed by atoms with Gasteiger partial charge >= 0.3 is 0 Å². The summed E-state index contributed by atoms with van der Waals surface area (Å²) in [5.41, 5.74) is 0.953. The van der Waals surface area contributed by atoms with E-state index in [0.717, 1.165) is 18.4 Å². The summed E-state index contributed by atoms with van der Waals surface area (Å²) in [4.78, 5) is 29.9. The van der Waals surface area contributed by atoms with Gasteiger partial charge in [0.2, 0.25) is 11.7 Å². The van der Waals surface area contributed by atoms with Crippen LogP contribution in [0.25, 0.3) is 11.4 Å². The van der Waals surface area contributed by atoms with Crippen LogP contribution in [0, 0.1) is 5.92 Å². The number of rotatable bonds is 4. The third kappa shape index (κ3) is 3.62. The fourth-order valence-electron chi connectivity index (χ4n) is 3.21. The fraction of sp³-hybridized carbons (Fsp3) is 0.412. The van der Waals surface area contributed by atoms with Gasteiger partial charge in [-0.05, 0) is 36.3 Å². The molecule has 0 spiro atoms. The second-order valence-electron chi connectivity index (χ2n) is 6.38. The lowest BCUT2D eigenvalue weighted by Gasteiger charge is -2.33. The Morgan fingerprint density at radius 2 is 2.35 bits per heavy atom. The average Bonchev–Trinajstić information content (AvgIpc) is 3.34. The van der Waals surface area contributed by atoms with Crippen molar-refractivity contribution in [2.24, 2.45) is 16.1 Å². The summed E-state index contributed by atoms with van der Waals surface area (Å²) in [5.74, 6) is 0.903. The Kier molecular flexibility index (Phi) is 4.70. The number of aromatic nitrogens is 2. The molecule has 2 atom stereocenters. The molecule has 0 aliphatic carbocycles. The van der Waals surface area contributed by atoms with Gasteiger partial charge in [0.05, 0.1) is 0 Å². The van der Waals surface area contributed by atoms with Crippen molar-refractivity contribution in [3.8, 4) is 11.4 Å². The average molecular weight is 371 g/mol. The lowest BCUT2D eigenvalue weighted by molar-refractivity contribution is -0.133. The van der Waals surface area contributed by atoms with Crippen molar-refractivity contribution < 1.29 is 14.1 Å². The molecule has 1 saturated heterocycles. The predicted molar refractivity (Wildman–Crippen MR) is 93.4 cm³/mol. The number of amides is 2. The Balaban J connectivity index is 1.38. The lowest BCUT2D eigenvalue weighted by atomic mass is 9.94. The van der Waals surface area contributed by atoms with Gasteiger partial charge in [0, 0.05) is 36.5 Å². The van der Waals surface area contributed by atoms with E-state index in [9.17, 15) is 9.59 Å². The molecule has 0 saturated carbocycles. The molecule has 1 fully saturated rings. The molecule has 8 nitrogen and oxygen atoms in total. The van der Waals surface area contributed by atoms with Crippen LogP contribution in [0.4, 0.5) is 0 Å². The van der Waals surface area contributed by atoms with Crippen LogP contribution < -0.4 is 0 Å². The highest BCUT2D eigenvalue weighted by Gasteiger charge is 2.30. The van der Waals surface area contributed by atoms with Gasteiger partial charge in [-0.25, -0.2) is 0 Å². The van der Waals surface area contributed by atoms with E-state index in [1.165, 1.54) is 12.2 Å². The Morgan fingerprint density at radius 1 is 1.42 bits per heavy atom. The first kappa shape index (κ1) is 16.8. The number of piperidine rings is 1. The van der Waals surface area contributed by atoms with Gasteiger partial charge in [-0.1, -0.05) is 5.16 Å². The van der Waals surface area contributed by atoms with Crippen LogP contribution in [0.5, 0.6) is 0 Å². The molecule has 2 aliphatic rings. The maximum Gasteiger partial charge on any atom is 0.287 e. The summed E-state index contributed by atoms with van der Waals surface area (Å²) in [6.45, 7) is 1.30. The quantitative estimate of drug-likeness (QED) is 0.822. The number of nitrogens with zero attached hydrogens (tertiary/aromatic N) is 5. The highest BCUT2D eigenvalue weighted by molar-refractivity contribution is 7.08. The molecule has 2 aliphatic heterocycles. The number of thiophene rings is 1. The molecule has 2 amide bonds. The first-order chi connectivity index (χ1) is 12.7. The molecule has 0 radical (unpaired) electrons. The van der Waals surface area contributed by atoms with Gasteiger partial charge in [0.25, 0.3) is 11.8 Å². The van der Waals surface area contributed by atoms with Crippen LogP contribution in [0.2, 0.25) is 0 Å². The number of carbonyl (C=O) groups excluding carboxylic acids is 2. The van der Waals surface area contributed by atoms with E-state index in [1.807, 2.05) is 16.8 Å². The zero-order chi connectivity index (χ0) is 17.9. The van der Waals surface area contributed by atoms with Crippen molar-refractivity contribution in [2.45, 2.75) is 25.3 Å². The molecular formula is C17H17N5O3S. The minimum Gasteiger partial charge on any atom is -0.340 e. The van der Waals surface area contributed by atoms with Crippen LogP contribution >= 0.6 is 11.3 Å². The maximum atomic E-state index is 12.6. The maximum absolute atomic E-state index is 12.6.